The van der Waals surface area contributed by atoms with Gasteiger partial charge in [0, 0.05) is 36.5 Å². The van der Waals surface area contributed by atoms with E-state index < -0.39 is 0 Å². The highest BCUT2D eigenvalue weighted by atomic mass is 32.1. The van der Waals surface area contributed by atoms with Crippen LogP contribution in [0, 0.1) is 5.92 Å². The molecule has 31 heavy (non-hydrogen) atoms. The number of aromatic nitrogens is 1. The zero-order chi connectivity index (χ0) is 21.8. The predicted octanol–water partition coefficient (Wildman–Crippen LogP) is 3.81. The molecule has 0 spiro atoms. The Bertz CT molecular complexity index is 1080. The van der Waals surface area contributed by atoms with E-state index in [4.69, 9.17) is 9.47 Å². The van der Waals surface area contributed by atoms with Crippen molar-refractivity contribution in [1.82, 2.24) is 9.88 Å². The highest BCUT2D eigenvalue weighted by Gasteiger charge is 2.34. The first-order valence-electron chi connectivity index (χ1n) is 9.88. The molecule has 2 aromatic carbocycles. The van der Waals surface area contributed by atoms with Gasteiger partial charge in [-0.25, -0.2) is 4.98 Å². The number of ether oxygens (including phenoxy) is 2. The lowest BCUT2D eigenvalue weighted by Crippen LogP contribution is -2.28. The molecular formula is C23H23N3O4S. The van der Waals surface area contributed by atoms with Crippen LogP contribution in [0.2, 0.25) is 0 Å². The summed E-state index contributed by atoms with van der Waals surface area (Å²) in [6.07, 6.45) is 0.212. The Labute approximate surface area is 184 Å². The third kappa shape index (κ3) is 4.69. The first kappa shape index (κ1) is 20.9. The van der Waals surface area contributed by atoms with Gasteiger partial charge in [-0.3, -0.25) is 9.59 Å². The molecule has 2 heterocycles. The van der Waals surface area contributed by atoms with E-state index in [0.29, 0.717) is 35.4 Å². The van der Waals surface area contributed by atoms with E-state index in [0.717, 1.165) is 11.1 Å². The number of anilines is 1. The fourth-order valence-corrected chi connectivity index (χ4v) is 4.29. The van der Waals surface area contributed by atoms with Gasteiger partial charge in [-0.2, -0.15) is 0 Å². The Kier molecular flexibility index (Phi) is 6.18. The van der Waals surface area contributed by atoms with Crippen molar-refractivity contribution in [2.45, 2.75) is 13.0 Å². The van der Waals surface area contributed by atoms with Crippen LogP contribution in [0.3, 0.4) is 0 Å². The van der Waals surface area contributed by atoms with E-state index in [2.05, 4.69) is 10.3 Å². The number of rotatable bonds is 7. The second-order valence-electron chi connectivity index (χ2n) is 7.25. The molecule has 4 rings (SSSR count). The van der Waals surface area contributed by atoms with Crippen LogP contribution in [0.1, 0.15) is 12.0 Å². The molecule has 1 aromatic heterocycles. The van der Waals surface area contributed by atoms with Crippen molar-refractivity contribution in [3.05, 3.63) is 59.5 Å². The second kappa shape index (κ2) is 9.18. The molecule has 3 aromatic rings. The zero-order valence-electron chi connectivity index (χ0n) is 17.3. The van der Waals surface area contributed by atoms with E-state index in [1.54, 1.807) is 25.2 Å². The summed E-state index contributed by atoms with van der Waals surface area (Å²) in [4.78, 5) is 31.4. The number of hydrogen-bond donors (Lipinski definition) is 1. The number of carbonyl (C=O) groups is 2. The average Bonchev–Trinajstić information content (AvgIpc) is 3.40. The number of amides is 2. The quantitative estimate of drug-likeness (QED) is 0.608. The molecule has 0 saturated carbocycles. The van der Waals surface area contributed by atoms with Gasteiger partial charge in [0.1, 0.15) is 11.5 Å². The van der Waals surface area contributed by atoms with Gasteiger partial charge in [0.2, 0.25) is 11.8 Å². The van der Waals surface area contributed by atoms with Crippen LogP contribution in [0.5, 0.6) is 11.5 Å². The minimum Gasteiger partial charge on any atom is -0.497 e. The van der Waals surface area contributed by atoms with Gasteiger partial charge in [0.25, 0.3) is 0 Å². The molecule has 0 radical (unpaired) electrons. The summed E-state index contributed by atoms with van der Waals surface area (Å²) in [6, 6.07) is 15.3. The number of likely N-dealkylation sites (tertiary alicyclic amines) is 1. The normalized spacial score (nSPS) is 15.7. The Morgan fingerprint density at radius 3 is 2.74 bits per heavy atom. The molecule has 0 bridgehead atoms. The number of nitrogens with one attached hydrogen (secondary N) is 1. The summed E-state index contributed by atoms with van der Waals surface area (Å²) in [6.45, 7) is 0.923. The van der Waals surface area contributed by atoms with Crippen molar-refractivity contribution >= 4 is 28.3 Å². The van der Waals surface area contributed by atoms with E-state index in [1.165, 1.54) is 11.3 Å². The molecule has 0 aliphatic carbocycles. The van der Waals surface area contributed by atoms with Crippen LogP contribution in [0.25, 0.3) is 11.3 Å². The minimum absolute atomic E-state index is 0.00759. The highest BCUT2D eigenvalue weighted by Crippen LogP contribution is 2.35. The van der Waals surface area contributed by atoms with Crippen molar-refractivity contribution in [2.75, 3.05) is 26.1 Å². The number of thiazole rings is 1. The minimum atomic E-state index is -0.390. The summed E-state index contributed by atoms with van der Waals surface area (Å²) >= 11 is 1.34. The lowest BCUT2D eigenvalue weighted by atomic mass is 10.1. The van der Waals surface area contributed by atoms with Crippen LogP contribution in [-0.4, -0.2) is 42.5 Å². The number of carbonyl (C=O) groups excluding carboxylic acids is 2. The SMILES string of the molecule is COc1ccc(-c2csc(NC(=O)C3CC(=O)N(Cc4ccccc4)C3)n2)c(OC)c1. The summed E-state index contributed by atoms with van der Waals surface area (Å²) in [5.74, 6) is 0.744. The topological polar surface area (TPSA) is 80.8 Å². The van der Waals surface area contributed by atoms with Gasteiger partial charge < -0.3 is 19.7 Å². The van der Waals surface area contributed by atoms with E-state index in [-0.39, 0.29) is 24.2 Å². The Hall–Kier alpha value is -3.39. The Morgan fingerprint density at radius 2 is 2.00 bits per heavy atom. The van der Waals surface area contributed by atoms with Crippen LogP contribution in [-0.2, 0) is 16.1 Å². The molecular weight excluding hydrogens is 414 g/mol. The lowest BCUT2D eigenvalue weighted by molar-refractivity contribution is -0.128. The smallest absolute Gasteiger partial charge is 0.231 e. The van der Waals surface area contributed by atoms with Crippen LogP contribution in [0.15, 0.2) is 53.9 Å². The first-order valence-corrected chi connectivity index (χ1v) is 10.8. The number of hydrogen-bond acceptors (Lipinski definition) is 6. The molecule has 1 atom stereocenters. The predicted molar refractivity (Wildman–Crippen MR) is 119 cm³/mol. The molecule has 1 unspecified atom stereocenters. The fraction of sp³-hybridized carbons (Fsp3) is 0.261. The summed E-state index contributed by atoms with van der Waals surface area (Å²) in [5, 5.41) is 5.22. The van der Waals surface area contributed by atoms with Crippen molar-refractivity contribution in [3.8, 4) is 22.8 Å². The molecule has 8 heteroatoms. The standard InChI is InChI=1S/C23H23N3O4S/c1-29-17-8-9-18(20(11-17)30-2)19-14-31-23(24-19)25-22(28)16-10-21(27)26(13-16)12-15-6-4-3-5-7-15/h3-9,11,14,16H,10,12-13H2,1-2H3,(H,24,25,28). The molecule has 1 fully saturated rings. The third-order valence-electron chi connectivity index (χ3n) is 5.22. The Balaban J connectivity index is 1.41. The maximum Gasteiger partial charge on any atom is 0.231 e. The molecule has 160 valence electrons. The third-order valence-corrected chi connectivity index (χ3v) is 5.98. The molecule has 7 nitrogen and oxygen atoms in total. The summed E-state index contributed by atoms with van der Waals surface area (Å²) in [5.41, 5.74) is 2.56. The van der Waals surface area contributed by atoms with Gasteiger partial charge in [-0.15, -0.1) is 11.3 Å². The van der Waals surface area contributed by atoms with Crippen molar-refractivity contribution in [3.63, 3.8) is 0 Å². The maximum atomic E-state index is 12.7. The van der Waals surface area contributed by atoms with Gasteiger partial charge >= 0.3 is 0 Å². The summed E-state index contributed by atoms with van der Waals surface area (Å²) < 4.78 is 10.7. The van der Waals surface area contributed by atoms with E-state index >= 15 is 0 Å². The molecule has 1 aliphatic rings. The second-order valence-corrected chi connectivity index (χ2v) is 8.11. The maximum absolute atomic E-state index is 12.7. The largest absolute Gasteiger partial charge is 0.497 e. The average molecular weight is 438 g/mol. The number of methoxy groups -OCH3 is 2. The fourth-order valence-electron chi connectivity index (χ4n) is 3.58. The number of benzene rings is 2. The van der Waals surface area contributed by atoms with Crippen molar-refractivity contribution in [1.29, 1.82) is 0 Å². The molecule has 1 N–H and O–H groups in total. The number of nitrogens with zero attached hydrogens (tertiary/aromatic N) is 2. The van der Waals surface area contributed by atoms with Gasteiger partial charge in [0.05, 0.1) is 25.8 Å². The molecule has 1 aliphatic heterocycles. The molecule has 1 saturated heterocycles. The van der Waals surface area contributed by atoms with Crippen LogP contribution < -0.4 is 14.8 Å². The zero-order valence-corrected chi connectivity index (χ0v) is 18.1. The highest BCUT2D eigenvalue weighted by molar-refractivity contribution is 7.14. The lowest BCUT2D eigenvalue weighted by Gasteiger charge is -2.16. The van der Waals surface area contributed by atoms with Gasteiger partial charge in [-0.05, 0) is 17.7 Å². The first-order chi connectivity index (χ1) is 15.1. The van der Waals surface area contributed by atoms with Crippen LogP contribution in [0.4, 0.5) is 5.13 Å². The van der Waals surface area contributed by atoms with E-state index in [1.807, 2.05) is 47.8 Å². The van der Waals surface area contributed by atoms with Crippen molar-refractivity contribution < 1.29 is 19.1 Å². The van der Waals surface area contributed by atoms with Gasteiger partial charge in [-0.1, -0.05) is 30.3 Å². The Morgan fingerprint density at radius 1 is 1.19 bits per heavy atom. The molecule has 2 amide bonds. The monoisotopic (exact) mass is 437 g/mol. The van der Waals surface area contributed by atoms with Gasteiger partial charge in [0.15, 0.2) is 5.13 Å². The summed E-state index contributed by atoms with van der Waals surface area (Å²) in [7, 11) is 3.19. The van der Waals surface area contributed by atoms with Crippen LogP contribution >= 0.6 is 11.3 Å². The van der Waals surface area contributed by atoms with Crippen molar-refractivity contribution in [2.24, 2.45) is 5.92 Å². The van der Waals surface area contributed by atoms with E-state index in [9.17, 15) is 9.59 Å².